The largest absolute Gasteiger partial charge is 0.298 e. The van der Waals surface area contributed by atoms with Gasteiger partial charge in [-0.05, 0) is 45.6 Å². The van der Waals surface area contributed by atoms with Crippen LogP contribution in [-0.4, -0.2) is 23.5 Å². The van der Waals surface area contributed by atoms with E-state index in [1.807, 2.05) is 0 Å². The summed E-state index contributed by atoms with van der Waals surface area (Å²) < 4.78 is 0. The summed E-state index contributed by atoms with van der Waals surface area (Å²) in [7, 11) is 0. The molecular weight excluding hydrogens is 146 g/mol. The van der Waals surface area contributed by atoms with E-state index in [9.17, 15) is 0 Å². The van der Waals surface area contributed by atoms with Crippen molar-refractivity contribution < 1.29 is 0 Å². The van der Waals surface area contributed by atoms with Gasteiger partial charge in [-0.3, -0.25) is 4.90 Å². The van der Waals surface area contributed by atoms with Gasteiger partial charge in [0.15, 0.2) is 0 Å². The van der Waals surface area contributed by atoms with Gasteiger partial charge in [-0.15, -0.1) is 0 Å². The third kappa shape index (κ3) is 1.39. The Kier molecular flexibility index (Phi) is 2.40. The van der Waals surface area contributed by atoms with Crippen LogP contribution in [0.1, 0.15) is 46.0 Å². The average molecular weight is 167 g/mol. The minimum atomic E-state index is 0.776. The Bertz CT molecular complexity index is 153. The maximum absolute atomic E-state index is 2.73. The molecule has 0 amide bonds. The maximum atomic E-state index is 2.73. The molecule has 2 rings (SSSR count). The standard InChI is InChI=1S/C11H21N/c1-9(2)12-8-7-10-5-3-4-6-11(10)12/h9-11H,3-8H2,1-2H3/t10-,11-/m1/s1. The average Bonchev–Trinajstić information content (AvgIpc) is 2.47. The van der Waals surface area contributed by atoms with E-state index in [-0.39, 0.29) is 0 Å². The van der Waals surface area contributed by atoms with Crippen LogP contribution in [0, 0.1) is 5.92 Å². The van der Waals surface area contributed by atoms with Crippen LogP contribution in [0.2, 0.25) is 0 Å². The molecule has 0 aromatic heterocycles. The number of fused-ring (bicyclic) bond motifs is 1. The van der Waals surface area contributed by atoms with E-state index in [1.165, 1.54) is 38.6 Å². The summed E-state index contributed by atoms with van der Waals surface area (Å²) in [4.78, 5) is 2.73. The Labute approximate surface area is 76.1 Å². The molecule has 1 saturated heterocycles. The molecule has 0 aromatic rings. The van der Waals surface area contributed by atoms with Gasteiger partial charge in [0.1, 0.15) is 0 Å². The van der Waals surface area contributed by atoms with Crippen LogP contribution in [-0.2, 0) is 0 Å². The molecule has 2 atom stereocenters. The molecule has 1 nitrogen and oxygen atoms in total. The highest BCUT2D eigenvalue weighted by molar-refractivity contribution is 4.90. The number of hydrogen-bond acceptors (Lipinski definition) is 1. The quantitative estimate of drug-likeness (QED) is 0.580. The predicted molar refractivity (Wildman–Crippen MR) is 52.2 cm³/mol. The zero-order valence-electron chi connectivity index (χ0n) is 8.42. The van der Waals surface area contributed by atoms with Crippen LogP contribution in [0.4, 0.5) is 0 Å². The molecule has 0 spiro atoms. The van der Waals surface area contributed by atoms with E-state index in [0.29, 0.717) is 0 Å². The van der Waals surface area contributed by atoms with Gasteiger partial charge in [0, 0.05) is 12.1 Å². The highest BCUT2D eigenvalue weighted by atomic mass is 15.2. The Morgan fingerprint density at radius 2 is 1.83 bits per heavy atom. The lowest BCUT2D eigenvalue weighted by Crippen LogP contribution is -2.39. The van der Waals surface area contributed by atoms with E-state index < -0.39 is 0 Å². The zero-order chi connectivity index (χ0) is 8.55. The van der Waals surface area contributed by atoms with Crippen molar-refractivity contribution in [3.05, 3.63) is 0 Å². The molecule has 70 valence electrons. The SMILES string of the molecule is CC(C)N1CC[C@H]2CCCC[C@H]21. The Morgan fingerprint density at radius 1 is 1.08 bits per heavy atom. The van der Waals surface area contributed by atoms with Crippen LogP contribution in [0.25, 0.3) is 0 Å². The topological polar surface area (TPSA) is 3.24 Å². The maximum Gasteiger partial charge on any atom is 0.0127 e. The molecular formula is C11H21N. The van der Waals surface area contributed by atoms with Crippen molar-refractivity contribution in [2.45, 2.75) is 58.0 Å². The van der Waals surface area contributed by atoms with Crippen molar-refractivity contribution in [1.82, 2.24) is 4.90 Å². The van der Waals surface area contributed by atoms with E-state index in [2.05, 4.69) is 18.7 Å². The molecule has 1 heteroatoms. The molecule has 0 unspecified atom stereocenters. The van der Waals surface area contributed by atoms with Gasteiger partial charge in [0.2, 0.25) is 0 Å². The van der Waals surface area contributed by atoms with Gasteiger partial charge < -0.3 is 0 Å². The highest BCUT2D eigenvalue weighted by Crippen LogP contribution is 2.36. The molecule has 0 radical (unpaired) electrons. The summed E-state index contributed by atoms with van der Waals surface area (Å²) in [5, 5.41) is 0. The molecule has 1 saturated carbocycles. The fourth-order valence-electron chi connectivity index (χ4n) is 3.08. The van der Waals surface area contributed by atoms with Crippen LogP contribution in [0.5, 0.6) is 0 Å². The normalized spacial score (nSPS) is 37.2. The lowest BCUT2D eigenvalue weighted by molar-refractivity contribution is 0.149. The number of hydrogen-bond donors (Lipinski definition) is 0. The Morgan fingerprint density at radius 3 is 2.58 bits per heavy atom. The van der Waals surface area contributed by atoms with Crippen molar-refractivity contribution in [2.75, 3.05) is 6.54 Å². The van der Waals surface area contributed by atoms with Crippen molar-refractivity contribution in [1.29, 1.82) is 0 Å². The molecule has 1 aliphatic carbocycles. The van der Waals surface area contributed by atoms with Gasteiger partial charge in [-0.1, -0.05) is 12.8 Å². The Balaban J connectivity index is 2.01. The van der Waals surface area contributed by atoms with Gasteiger partial charge in [-0.2, -0.15) is 0 Å². The molecule has 12 heavy (non-hydrogen) atoms. The monoisotopic (exact) mass is 167 g/mol. The van der Waals surface area contributed by atoms with Crippen molar-refractivity contribution >= 4 is 0 Å². The van der Waals surface area contributed by atoms with Crippen LogP contribution in [0.3, 0.4) is 0 Å². The summed E-state index contributed by atoms with van der Waals surface area (Å²) in [6, 6.07) is 1.73. The number of likely N-dealkylation sites (tertiary alicyclic amines) is 1. The van der Waals surface area contributed by atoms with E-state index >= 15 is 0 Å². The van der Waals surface area contributed by atoms with Crippen molar-refractivity contribution in [3.63, 3.8) is 0 Å². The van der Waals surface area contributed by atoms with Gasteiger partial charge >= 0.3 is 0 Å². The first kappa shape index (κ1) is 8.55. The predicted octanol–water partition coefficient (Wildman–Crippen LogP) is 2.66. The summed E-state index contributed by atoms with van der Waals surface area (Å²) in [6.07, 6.45) is 7.43. The summed E-state index contributed by atoms with van der Waals surface area (Å²) in [6.45, 7) is 6.06. The smallest absolute Gasteiger partial charge is 0.0127 e. The zero-order valence-corrected chi connectivity index (χ0v) is 8.42. The fraction of sp³-hybridized carbons (Fsp3) is 1.00. The highest BCUT2D eigenvalue weighted by Gasteiger charge is 2.36. The van der Waals surface area contributed by atoms with E-state index in [1.54, 1.807) is 0 Å². The molecule has 0 N–H and O–H groups in total. The van der Waals surface area contributed by atoms with Crippen molar-refractivity contribution in [2.24, 2.45) is 5.92 Å². The fourth-order valence-corrected chi connectivity index (χ4v) is 3.08. The van der Waals surface area contributed by atoms with Crippen LogP contribution < -0.4 is 0 Å². The molecule has 1 heterocycles. The lowest BCUT2D eigenvalue weighted by Gasteiger charge is -2.34. The molecule has 1 aliphatic heterocycles. The first-order valence-electron chi connectivity index (χ1n) is 5.55. The van der Waals surface area contributed by atoms with Gasteiger partial charge in [-0.25, -0.2) is 0 Å². The molecule has 2 aliphatic rings. The van der Waals surface area contributed by atoms with Crippen LogP contribution >= 0.6 is 0 Å². The van der Waals surface area contributed by atoms with Gasteiger partial charge in [0.25, 0.3) is 0 Å². The van der Waals surface area contributed by atoms with E-state index in [0.717, 1.165) is 18.0 Å². The second-order valence-electron chi connectivity index (χ2n) is 4.73. The first-order chi connectivity index (χ1) is 5.79. The summed E-state index contributed by atoms with van der Waals surface area (Å²) >= 11 is 0. The Hall–Kier alpha value is -0.0400. The third-order valence-electron chi connectivity index (χ3n) is 3.72. The lowest BCUT2D eigenvalue weighted by atomic mass is 9.85. The minimum absolute atomic E-state index is 0.776. The summed E-state index contributed by atoms with van der Waals surface area (Å²) in [5.74, 6) is 1.06. The van der Waals surface area contributed by atoms with Crippen LogP contribution in [0.15, 0.2) is 0 Å². The third-order valence-corrected chi connectivity index (χ3v) is 3.72. The van der Waals surface area contributed by atoms with Gasteiger partial charge in [0.05, 0.1) is 0 Å². The minimum Gasteiger partial charge on any atom is -0.298 e. The number of rotatable bonds is 1. The van der Waals surface area contributed by atoms with E-state index in [4.69, 9.17) is 0 Å². The molecule has 0 bridgehead atoms. The second kappa shape index (κ2) is 3.37. The van der Waals surface area contributed by atoms with Crippen molar-refractivity contribution in [3.8, 4) is 0 Å². The molecule has 0 aromatic carbocycles. The first-order valence-corrected chi connectivity index (χ1v) is 5.55. The summed E-state index contributed by atoms with van der Waals surface area (Å²) in [5.41, 5.74) is 0. The second-order valence-corrected chi connectivity index (χ2v) is 4.73. The number of nitrogens with zero attached hydrogens (tertiary/aromatic N) is 1. The molecule has 2 fully saturated rings.